The van der Waals surface area contributed by atoms with Gasteiger partial charge in [-0.1, -0.05) is 19.9 Å². The predicted octanol–water partition coefficient (Wildman–Crippen LogP) is 3.56. The Balaban J connectivity index is 1.88. The van der Waals surface area contributed by atoms with Gasteiger partial charge in [0.25, 0.3) is 0 Å². The van der Waals surface area contributed by atoms with Crippen molar-refractivity contribution in [3.8, 4) is 5.75 Å². The van der Waals surface area contributed by atoms with Crippen LogP contribution in [0.2, 0.25) is 0 Å². The van der Waals surface area contributed by atoms with Crippen LogP contribution in [0.5, 0.6) is 5.75 Å². The summed E-state index contributed by atoms with van der Waals surface area (Å²) in [5.41, 5.74) is 2.40. The van der Waals surface area contributed by atoms with Crippen molar-refractivity contribution in [1.82, 2.24) is 4.31 Å². The van der Waals surface area contributed by atoms with Gasteiger partial charge in [0.15, 0.2) is 0 Å². The van der Waals surface area contributed by atoms with E-state index in [0.717, 1.165) is 41.3 Å². The highest BCUT2D eigenvalue weighted by atomic mass is 32.2. The monoisotopic (exact) mass is 391 g/mol. The Kier molecular flexibility index (Phi) is 5.62. The molecule has 0 atom stereocenters. The number of nitrogens with zero attached hydrogens (tertiary/aromatic N) is 1. The van der Waals surface area contributed by atoms with Crippen molar-refractivity contribution in [2.24, 2.45) is 0 Å². The number of aryl methyl sites for hydroxylation is 2. The molecule has 2 aromatic rings. The van der Waals surface area contributed by atoms with E-state index in [4.69, 9.17) is 4.74 Å². The highest BCUT2D eigenvalue weighted by Gasteiger charge is 2.27. The molecule has 3 rings (SSSR count). The number of carbonyl (C=O) groups is 1. The second-order valence-electron chi connectivity index (χ2n) is 6.41. The Bertz CT molecular complexity index is 968. The number of hydrogen-bond donors (Lipinski definition) is 0. The van der Waals surface area contributed by atoms with Crippen LogP contribution in [0.3, 0.4) is 0 Å². The first-order chi connectivity index (χ1) is 12.9. The fraction of sp³-hybridized carbons (Fsp3) is 0.350. The summed E-state index contributed by atoms with van der Waals surface area (Å²) >= 11 is 0. The molecule has 0 saturated heterocycles. The molecule has 7 heteroatoms. The summed E-state index contributed by atoms with van der Waals surface area (Å²) in [4.78, 5) is 11.9. The molecule has 0 spiro atoms. The van der Waals surface area contributed by atoms with Gasteiger partial charge in [-0.2, -0.15) is 4.31 Å². The molecule has 0 fully saturated rings. The first-order valence-electron chi connectivity index (χ1n) is 9.00. The zero-order chi connectivity index (χ0) is 19.6. The number of esters is 1. The topological polar surface area (TPSA) is 63.7 Å². The van der Waals surface area contributed by atoms with Crippen LogP contribution in [0.15, 0.2) is 41.3 Å². The molecule has 0 bridgehead atoms. The van der Waals surface area contributed by atoms with Crippen LogP contribution < -0.4 is 4.74 Å². The molecule has 0 aliphatic heterocycles. The third kappa shape index (κ3) is 3.89. The Morgan fingerprint density at radius 2 is 1.78 bits per heavy atom. The standard InChI is InChI=1S/C20H22FNO4S/c1-3-22(4-2)27(24,25)19-13-16(9-11-18(19)21)20(23)26-17-10-8-14-6-5-7-15(14)12-17/h8-13H,3-7H2,1-2H3. The normalized spacial score (nSPS) is 13.6. The lowest BCUT2D eigenvalue weighted by molar-refractivity contribution is 0.0734. The van der Waals surface area contributed by atoms with Gasteiger partial charge in [-0.05, 0) is 60.7 Å². The fourth-order valence-corrected chi connectivity index (χ4v) is 4.86. The average Bonchev–Trinajstić information content (AvgIpc) is 3.10. The molecule has 5 nitrogen and oxygen atoms in total. The Morgan fingerprint density at radius 1 is 1.07 bits per heavy atom. The molecule has 0 aromatic heterocycles. The molecule has 0 unspecified atom stereocenters. The first kappa shape index (κ1) is 19.5. The molecule has 1 aliphatic carbocycles. The zero-order valence-electron chi connectivity index (χ0n) is 15.4. The van der Waals surface area contributed by atoms with E-state index in [0.29, 0.717) is 5.75 Å². The number of sulfonamides is 1. The van der Waals surface area contributed by atoms with Crippen LogP contribution in [0.25, 0.3) is 0 Å². The van der Waals surface area contributed by atoms with E-state index in [-0.39, 0.29) is 18.7 Å². The lowest BCUT2D eigenvalue weighted by Crippen LogP contribution is -2.31. The molecule has 2 aromatic carbocycles. The van der Waals surface area contributed by atoms with Gasteiger partial charge < -0.3 is 4.74 Å². The smallest absolute Gasteiger partial charge is 0.343 e. The number of ether oxygens (including phenoxy) is 1. The predicted molar refractivity (Wildman–Crippen MR) is 99.9 cm³/mol. The summed E-state index contributed by atoms with van der Waals surface area (Å²) in [6.45, 7) is 3.76. The van der Waals surface area contributed by atoms with Gasteiger partial charge in [-0.15, -0.1) is 0 Å². The van der Waals surface area contributed by atoms with Crippen LogP contribution in [0.4, 0.5) is 4.39 Å². The average molecular weight is 391 g/mol. The first-order valence-corrected chi connectivity index (χ1v) is 10.4. The molecule has 0 saturated carbocycles. The zero-order valence-corrected chi connectivity index (χ0v) is 16.2. The van der Waals surface area contributed by atoms with Crippen LogP contribution in [-0.2, 0) is 22.9 Å². The van der Waals surface area contributed by atoms with Crippen molar-refractivity contribution >= 4 is 16.0 Å². The van der Waals surface area contributed by atoms with E-state index in [2.05, 4.69) is 0 Å². The maximum atomic E-state index is 14.2. The van der Waals surface area contributed by atoms with Gasteiger partial charge in [0, 0.05) is 13.1 Å². The summed E-state index contributed by atoms with van der Waals surface area (Å²) in [6.07, 6.45) is 3.05. The van der Waals surface area contributed by atoms with Crippen LogP contribution in [-0.4, -0.2) is 31.8 Å². The number of halogens is 1. The van der Waals surface area contributed by atoms with Crippen LogP contribution in [0, 0.1) is 5.82 Å². The summed E-state index contributed by atoms with van der Waals surface area (Å²) in [5, 5.41) is 0. The molecule has 0 heterocycles. The summed E-state index contributed by atoms with van der Waals surface area (Å²) in [6, 6.07) is 8.74. The molecule has 0 N–H and O–H groups in total. The third-order valence-electron chi connectivity index (χ3n) is 4.77. The lowest BCUT2D eigenvalue weighted by atomic mass is 10.1. The van der Waals surface area contributed by atoms with E-state index >= 15 is 0 Å². The highest BCUT2D eigenvalue weighted by molar-refractivity contribution is 7.89. The highest BCUT2D eigenvalue weighted by Crippen LogP contribution is 2.27. The third-order valence-corrected chi connectivity index (χ3v) is 6.84. The molecule has 144 valence electrons. The summed E-state index contributed by atoms with van der Waals surface area (Å²) in [5.74, 6) is -1.21. The number of fused-ring (bicyclic) bond motifs is 1. The number of carbonyl (C=O) groups excluding carboxylic acids is 1. The maximum Gasteiger partial charge on any atom is 0.343 e. The quantitative estimate of drug-likeness (QED) is 0.558. The van der Waals surface area contributed by atoms with Gasteiger partial charge in [-0.25, -0.2) is 17.6 Å². The van der Waals surface area contributed by atoms with Crippen molar-refractivity contribution in [3.63, 3.8) is 0 Å². The van der Waals surface area contributed by atoms with Gasteiger partial charge in [0.1, 0.15) is 16.5 Å². The van der Waals surface area contributed by atoms with Crippen molar-refractivity contribution in [2.45, 2.75) is 38.0 Å². The number of benzene rings is 2. The second-order valence-corrected chi connectivity index (χ2v) is 8.31. The second kappa shape index (κ2) is 7.78. The number of rotatable bonds is 6. The summed E-state index contributed by atoms with van der Waals surface area (Å²) < 4.78 is 45.9. The van der Waals surface area contributed by atoms with E-state index in [1.807, 2.05) is 12.1 Å². The van der Waals surface area contributed by atoms with Crippen molar-refractivity contribution in [1.29, 1.82) is 0 Å². The van der Waals surface area contributed by atoms with Gasteiger partial charge in [0.05, 0.1) is 5.56 Å². The molecule has 0 amide bonds. The molecule has 0 radical (unpaired) electrons. The van der Waals surface area contributed by atoms with Gasteiger partial charge in [-0.3, -0.25) is 0 Å². The Hall–Kier alpha value is -2.25. The van der Waals surface area contributed by atoms with E-state index < -0.39 is 26.7 Å². The largest absolute Gasteiger partial charge is 0.423 e. The van der Waals surface area contributed by atoms with E-state index in [9.17, 15) is 17.6 Å². The van der Waals surface area contributed by atoms with E-state index in [1.165, 1.54) is 11.6 Å². The minimum absolute atomic E-state index is 0.0115. The van der Waals surface area contributed by atoms with Crippen molar-refractivity contribution < 1.29 is 22.3 Å². The SMILES string of the molecule is CCN(CC)S(=O)(=O)c1cc(C(=O)Oc2ccc3c(c2)CCC3)ccc1F. The van der Waals surface area contributed by atoms with Crippen LogP contribution in [0.1, 0.15) is 41.8 Å². The molecular weight excluding hydrogens is 369 g/mol. The Morgan fingerprint density at radius 3 is 2.48 bits per heavy atom. The molecular formula is C20H22FNO4S. The molecule has 27 heavy (non-hydrogen) atoms. The maximum absolute atomic E-state index is 14.2. The van der Waals surface area contributed by atoms with Gasteiger partial charge >= 0.3 is 5.97 Å². The van der Waals surface area contributed by atoms with Crippen LogP contribution >= 0.6 is 0 Å². The minimum atomic E-state index is -4.02. The minimum Gasteiger partial charge on any atom is -0.423 e. The Labute approximate surface area is 158 Å². The van der Waals surface area contributed by atoms with E-state index in [1.54, 1.807) is 19.9 Å². The fourth-order valence-electron chi connectivity index (χ4n) is 3.31. The van der Waals surface area contributed by atoms with Crippen molar-refractivity contribution in [2.75, 3.05) is 13.1 Å². The van der Waals surface area contributed by atoms with Crippen molar-refractivity contribution in [3.05, 3.63) is 58.9 Å². The number of hydrogen-bond acceptors (Lipinski definition) is 4. The summed E-state index contributed by atoms with van der Waals surface area (Å²) in [7, 11) is -4.02. The lowest BCUT2D eigenvalue weighted by Gasteiger charge is -2.19. The van der Waals surface area contributed by atoms with Gasteiger partial charge in [0.2, 0.25) is 10.0 Å². The molecule has 1 aliphatic rings.